The van der Waals surface area contributed by atoms with Crippen LogP contribution in [0, 0.1) is 11.3 Å². The number of carbonyl (C=O) groups is 2. The molecule has 3 aliphatic rings. The molecule has 2 amide bonds. The van der Waals surface area contributed by atoms with Crippen LogP contribution in [-0.4, -0.2) is 57.8 Å². The maximum Gasteiger partial charge on any atom is 0.268 e. The molecule has 0 spiro atoms. The van der Waals surface area contributed by atoms with Crippen molar-refractivity contribution in [3.05, 3.63) is 83.5 Å². The van der Waals surface area contributed by atoms with E-state index < -0.39 is 43.3 Å². The van der Waals surface area contributed by atoms with Crippen LogP contribution in [0.1, 0.15) is 29.3 Å². The van der Waals surface area contributed by atoms with Gasteiger partial charge in [0.25, 0.3) is 11.8 Å². The second kappa shape index (κ2) is 9.50. The number of rotatable bonds is 5. The Bertz CT molecular complexity index is 1440. The Labute approximate surface area is 212 Å². The summed E-state index contributed by atoms with van der Waals surface area (Å²) in [7, 11) is 0. The number of pyridine rings is 1. The molecular formula is C27H24F2N6O2. The fraction of sp³-hybridized carbons (Fsp3) is 0.259. The van der Waals surface area contributed by atoms with E-state index in [-0.39, 0.29) is 6.17 Å². The molecule has 2 unspecified atom stereocenters. The molecular weight excluding hydrogens is 478 g/mol. The third-order valence-electron chi connectivity index (χ3n) is 6.57. The minimum absolute atomic E-state index is 0.129. The summed E-state index contributed by atoms with van der Waals surface area (Å²) in [6.07, 6.45) is 13.0. The molecule has 1 fully saturated rings. The first kappa shape index (κ1) is 24.2. The molecule has 1 aromatic heterocycles. The van der Waals surface area contributed by atoms with Crippen molar-refractivity contribution in [2.45, 2.75) is 31.5 Å². The van der Waals surface area contributed by atoms with Gasteiger partial charge < -0.3 is 20.4 Å². The number of allylic oxidation sites excluding steroid dienone is 3. The smallest absolute Gasteiger partial charge is 0.268 e. The molecule has 37 heavy (non-hydrogen) atoms. The van der Waals surface area contributed by atoms with E-state index in [1.54, 1.807) is 12.1 Å². The van der Waals surface area contributed by atoms with Crippen molar-refractivity contribution in [3.8, 4) is 6.07 Å². The van der Waals surface area contributed by atoms with E-state index in [9.17, 15) is 18.4 Å². The molecule has 2 aromatic rings. The van der Waals surface area contributed by atoms with E-state index in [1.165, 1.54) is 6.20 Å². The van der Waals surface area contributed by atoms with Crippen LogP contribution in [0.15, 0.2) is 72.4 Å². The van der Waals surface area contributed by atoms with Gasteiger partial charge in [0.05, 0.1) is 30.2 Å². The van der Waals surface area contributed by atoms with E-state index in [0.717, 1.165) is 21.6 Å². The normalized spacial score (nSPS) is 21.9. The van der Waals surface area contributed by atoms with Crippen LogP contribution in [0.3, 0.4) is 0 Å². The van der Waals surface area contributed by atoms with Crippen molar-refractivity contribution in [2.75, 3.05) is 13.1 Å². The second-order valence-electron chi connectivity index (χ2n) is 9.19. The molecule has 1 aromatic carbocycles. The van der Waals surface area contributed by atoms with Gasteiger partial charge >= 0.3 is 0 Å². The number of alkyl halides is 2. The van der Waals surface area contributed by atoms with E-state index in [1.807, 2.05) is 43.6 Å². The van der Waals surface area contributed by atoms with Gasteiger partial charge in [0.15, 0.2) is 0 Å². The van der Waals surface area contributed by atoms with E-state index >= 15 is 0 Å². The lowest BCUT2D eigenvalue weighted by molar-refractivity contribution is -0.131. The average molecular weight is 503 g/mol. The van der Waals surface area contributed by atoms with Crippen LogP contribution >= 0.6 is 0 Å². The van der Waals surface area contributed by atoms with E-state index in [0.29, 0.717) is 16.5 Å². The fourth-order valence-electron chi connectivity index (χ4n) is 4.65. The first-order chi connectivity index (χ1) is 17.7. The highest BCUT2D eigenvalue weighted by Gasteiger charge is 2.47. The summed E-state index contributed by atoms with van der Waals surface area (Å²) in [6, 6.07) is 7.64. The van der Waals surface area contributed by atoms with Gasteiger partial charge in [0.2, 0.25) is 5.91 Å². The Morgan fingerprint density at radius 1 is 1.35 bits per heavy atom. The van der Waals surface area contributed by atoms with Gasteiger partial charge in [-0.15, -0.1) is 0 Å². The van der Waals surface area contributed by atoms with Crippen molar-refractivity contribution in [1.29, 1.82) is 5.26 Å². The molecule has 4 heterocycles. The molecule has 10 heteroatoms. The number of hydrogen-bond donors (Lipinski definition) is 2. The van der Waals surface area contributed by atoms with Crippen LogP contribution in [-0.2, 0) is 4.79 Å². The van der Waals surface area contributed by atoms with Crippen molar-refractivity contribution in [2.24, 2.45) is 0 Å². The number of carbonyl (C=O) groups excluding carboxylic acids is 2. The van der Waals surface area contributed by atoms with Crippen molar-refractivity contribution in [1.82, 2.24) is 25.4 Å². The molecule has 5 rings (SSSR count). The Hall–Kier alpha value is -4.52. The fourth-order valence-corrected chi connectivity index (χ4v) is 4.65. The number of nitriles is 1. The van der Waals surface area contributed by atoms with Gasteiger partial charge in [0, 0.05) is 36.6 Å². The highest BCUT2D eigenvalue weighted by atomic mass is 19.3. The number of likely N-dealkylation sites (tertiary alicyclic amines) is 1. The van der Waals surface area contributed by atoms with Crippen molar-refractivity contribution >= 4 is 28.8 Å². The molecule has 0 saturated carbocycles. The maximum atomic E-state index is 13.7. The van der Waals surface area contributed by atoms with Crippen molar-refractivity contribution in [3.63, 3.8) is 0 Å². The zero-order valence-electron chi connectivity index (χ0n) is 20.0. The summed E-state index contributed by atoms with van der Waals surface area (Å²) >= 11 is 0. The molecule has 8 nitrogen and oxygen atoms in total. The third-order valence-corrected chi connectivity index (χ3v) is 6.57. The predicted molar refractivity (Wildman–Crippen MR) is 134 cm³/mol. The zero-order chi connectivity index (χ0) is 26.2. The quantitative estimate of drug-likeness (QED) is 0.651. The van der Waals surface area contributed by atoms with Crippen molar-refractivity contribution < 1.29 is 18.4 Å². The minimum atomic E-state index is -3.11. The molecule has 2 atom stereocenters. The zero-order valence-corrected chi connectivity index (χ0v) is 20.0. The molecule has 0 bridgehead atoms. The Balaban J connectivity index is 1.33. The molecule has 1 saturated heterocycles. The van der Waals surface area contributed by atoms with Crippen LogP contribution in [0.2, 0.25) is 0 Å². The maximum absolute atomic E-state index is 13.7. The number of amides is 2. The number of nitrogens with one attached hydrogen (secondary N) is 2. The Kier molecular flexibility index (Phi) is 6.21. The standard InChI is InChI=1S/C27H24F2N6O2/c1-17(19-3-5-24-32-8-9-34(24)15-19)10-18-2-4-23-22(11-18)21(6-7-31-23)26(37)33-14-25(36)35-16-27(28,29)12-20(35)13-30/h2-11,15,20,24,32H,12,14,16H2,1H3,(H,33,37). The number of halogens is 2. The third kappa shape index (κ3) is 4.93. The summed E-state index contributed by atoms with van der Waals surface area (Å²) < 4.78 is 27.4. The first-order valence-electron chi connectivity index (χ1n) is 11.8. The highest BCUT2D eigenvalue weighted by Crippen LogP contribution is 2.31. The number of aromatic nitrogens is 1. The minimum Gasteiger partial charge on any atom is -0.366 e. The largest absolute Gasteiger partial charge is 0.366 e. The van der Waals surface area contributed by atoms with Crippen LogP contribution in [0.5, 0.6) is 0 Å². The topological polar surface area (TPSA) is 101 Å². The van der Waals surface area contributed by atoms with Gasteiger partial charge in [0.1, 0.15) is 12.2 Å². The lowest BCUT2D eigenvalue weighted by Gasteiger charge is -2.24. The molecule has 3 aliphatic heterocycles. The van der Waals surface area contributed by atoms with Crippen LogP contribution in [0.4, 0.5) is 8.78 Å². The monoisotopic (exact) mass is 502 g/mol. The highest BCUT2D eigenvalue weighted by molar-refractivity contribution is 6.07. The number of hydrogen-bond acceptors (Lipinski definition) is 6. The summed E-state index contributed by atoms with van der Waals surface area (Å²) in [6.45, 7) is 0.688. The summed E-state index contributed by atoms with van der Waals surface area (Å²) in [5, 5.41) is 15.4. The Morgan fingerprint density at radius 3 is 3.00 bits per heavy atom. The van der Waals surface area contributed by atoms with E-state index in [2.05, 4.69) is 38.9 Å². The number of benzene rings is 1. The lowest BCUT2D eigenvalue weighted by Crippen LogP contribution is -2.43. The lowest BCUT2D eigenvalue weighted by atomic mass is 10.0. The van der Waals surface area contributed by atoms with Gasteiger partial charge in [-0.05, 0) is 47.9 Å². The molecule has 2 N–H and O–H groups in total. The average Bonchev–Trinajstić information content (AvgIpc) is 3.49. The first-order valence-corrected chi connectivity index (χ1v) is 11.8. The number of nitrogens with zero attached hydrogens (tertiary/aromatic N) is 4. The molecule has 0 radical (unpaired) electrons. The van der Waals surface area contributed by atoms with Gasteiger partial charge in [-0.3, -0.25) is 14.6 Å². The van der Waals surface area contributed by atoms with E-state index in [4.69, 9.17) is 5.26 Å². The number of fused-ring (bicyclic) bond motifs is 2. The predicted octanol–water partition coefficient (Wildman–Crippen LogP) is 3.28. The van der Waals surface area contributed by atoms with Crippen LogP contribution in [0.25, 0.3) is 17.0 Å². The Morgan fingerprint density at radius 2 is 2.19 bits per heavy atom. The summed E-state index contributed by atoms with van der Waals surface area (Å²) in [5.74, 6) is -4.37. The van der Waals surface area contributed by atoms with Gasteiger partial charge in [-0.2, -0.15) is 5.26 Å². The van der Waals surface area contributed by atoms with Crippen LogP contribution < -0.4 is 10.6 Å². The second-order valence-corrected chi connectivity index (χ2v) is 9.19. The van der Waals surface area contributed by atoms with Gasteiger partial charge in [-0.25, -0.2) is 8.78 Å². The summed E-state index contributed by atoms with van der Waals surface area (Å²) in [5.41, 5.74) is 3.86. The molecule has 0 aliphatic carbocycles. The SMILES string of the molecule is CC(=Cc1ccc2nccc(C(=O)NCC(=O)N3CC(F)(F)CC3C#N)c2c1)C1=CN2C=CNC2C=C1. The van der Waals surface area contributed by atoms with Gasteiger partial charge in [-0.1, -0.05) is 18.2 Å². The molecule has 188 valence electrons. The summed E-state index contributed by atoms with van der Waals surface area (Å²) in [4.78, 5) is 32.7.